The van der Waals surface area contributed by atoms with Crippen molar-refractivity contribution in [2.75, 3.05) is 18.6 Å². The van der Waals surface area contributed by atoms with Gasteiger partial charge in [-0.1, -0.05) is 18.2 Å². The first-order valence-electron chi connectivity index (χ1n) is 6.04. The van der Waals surface area contributed by atoms with Gasteiger partial charge in [0.2, 0.25) is 0 Å². The molecular weight excluding hydrogens is 258 g/mol. The summed E-state index contributed by atoms with van der Waals surface area (Å²) in [7, 11) is 0. The van der Waals surface area contributed by atoms with Crippen LogP contribution in [0.5, 0.6) is 5.75 Å². The smallest absolute Gasteiger partial charge is 0.271 e. The number of nitrogen functional groups attached to an aromatic ring is 1. The number of anilines is 1. The number of amides is 1. The van der Waals surface area contributed by atoms with E-state index in [0.29, 0.717) is 19.0 Å². The Morgan fingerprint density at radius 2 is 2.00 bits per heavy atom. The Labute approximate surface area is 116 Å². The fraction of sp³-hybridized carbons (Fsp3) is 0.154. The Morgan fingerprint density at radius 3 is 2.65 bits per heavy atom. The molecule has 0 bridgehead atoms. The third-order valence-corrected chi connectivity index (χ3v) is 2.43. The number of aromatic nitrogens is 2. The average molecular weight is 273 g/mol. The van der Waals surface area contributed by atoms with Gasteiger partial charge >= 0.3 is 0 Å². The first-order valence-corrected chi connectivity index (χ1v) is 6.04. The van der Waals surface area contributed by atoms with Gasteiger partial charge in [0.1, 0.15) is 18.1 Å². The van der Waals surface area contributed by atoms with Crippen molar-refractivity contribution in [3.8, 4) is 5.75 Å². The summed E-state index contributed by atoms with van der Waals surface area (Å²) in [6.45, 7) is 0.762. The largest absolute Gasteiger partial charge is 0.492 e. The fourth-order valence-electron chi connectivity index (χ4n) is 1.46. The molecule has 2 aromatic rings. The highest BCUT2D eigenvalue weighted by Crippen LogP contribution is 2.07. The molecule has 1 aromatic heterocycles. The molecule has 1 amide bonds. The van der Waals surface area contributed by atoms with E-state index in [9.17, 15) is 4.79 Å². The molecule has 104 valence electrons. The van der Waals surface area contributed by atoms with Crippen molar-refractivity contribution in [3.05, 3.63) is 48.4 Å². The third kappa shape index (κ3) is 3.92. The molecule has 0 saturated carbocycles. The molecule has 20 heavy (non-hydrogen) atoms. The van der Waals surface area contributed by atoms with Gasteiger partial charge in [-0.25, -0.2) is 15.8 Å². The fourth-order valence-corrected chi connectivity index (χ4v) is 1.46. The topological polar surface area (TPSA) is 102 Å². The van der Waals surface area contributed by atoms with E-state index in [1.54, 1.807) is 0 Å². The number of benzene rings is 1. The summed E-state index contributed by atoms with van der Waals surface area (Å²) in [5.41, 5.74) is 2.56. The lowest BCUT2D eigenvalue weighted by molar-refractivity contribution is 0.0941. The average Bonchev–Trinajstić information content (AvgIpc) is 2.52. The molecule has 2 rings (SSSR count). The van der Waals surface area contributed by atoms with Crippen molar-refractivity contribution in [2.45, 2.75) is 0 Å². The van der Waals surface area contributed by atoms with E-state index in [-0.39, 0.29) is 11.6 Å². The van der Waals surface area contributed by atoms with Crippen LogP contribution in [-0.2, 0) is 0 Å². The summed E-state index contributed by atoms with van der Waals surface area (Å²) in [6, 6.07) is 9.39. The zero-order chi connectivity index (χ0) is 14.2. The van der Waals surface area contributed by atoms with Gasteiger partial charge in [0.15, 0.2) is 5.82 Å². The first-order chi connectivity index (χ1) is 9.79. The number of para-hydroxylation sites is 1. The normalized spacial score (nSPS) is 9.85. The number of nitrogens with two attached hydrogens (primary N) is 1. The lowest BCUT2D eigenvalue weighted by Gasteiger charge is -2.07. The summed E-state index contributed by atoms with van der Waals surface area (Å²) >= 11 is 0. The molecule has 0 aliphatic heterocycles. The Bertz CT molecular complexity index is 544. The molecular formula is C13H15N5O2. The minimum absolute atomic E-state index is 0.226. The molecule has 1 heterocycles. The maximum absolute atomic E-state index is 11.7. The number of nitrogens with one attached hydrogen (secondary N) is 2. The summed E-state index contributed by atoms with van der Waals surface area (Å²) < 4.78 is 5.45. The van der Waals surface area contributed by atoms with Crippen LogP contribution in [0.25, 0.3) is 0 Å². The van der Waals surface area contributed by atoms with Crippen molar-refractivity contribution < 1.29 is 9.53 Å². The third-order valence-electron chi connectivity index (χ3n) is 2.43. The van der Waals surface area contributed by atoms with Gasteiger partial charge in [0.25, 0.3) is 5.91 Å². The van der Waals surface area contributed by atoms with E-state index in [4.69, 9.17) is 10.6 Å². The SMILES string of the molecule is NNc1cnc(C(=O)NCCOc2ccccc2)cn1. The van der Waals surface area contributed by atoms with Gasteiger partial charge in [-0.05, 0) is 12.1 Å². The molecule has 0 aliphatic rings. The second kappa shape index (κ2) is 7.05. The van der Waals surface area contributed by atoms with Gasteiger partial charge in [-0.2, -0.15) is 0 Å². The number of carbonyl (C=O) groups is 1. The highest BCUT2D eigenvalue weighted by molar-refractivity contribution is 5.91. The molecule has 7 heteroatoms. The number of nitrogens with zero attached hydrogens (tertiary/aromatic N) is 2. The van der Waals surface area contributed by atoms with Crippen LogP contribution in [0.4, 0.5) is 5.82 Å². The second-order valence-corrected chi connectivity index (χ2v) is 3.85. The van der Waals surface area contributed by atoms with Crippen LogP contribution in [0, 0.1) is 0 Å². The Morgan fingerprint density at radius 1 is 1.20 bits per heavy atom. The van der Waals surface area contributed by atoms with Crippen LogP contribution in [0.1, 0.15) is 10.5 Å². The zero-order valence-electron chi connectivity index (χ0n) is 10.7. The van der Waals surface area contributed by atoms with E-state index < -0.39 is 0 Å². The van der Waals surface area contributed by atoms with Crippen molar-refractivity contribution in [3.63, 3.8) is 0 Å². The Kier molecular flexibility index (Phi) is 4.85. The van der Waals surface area contributed by atoms with Gasteiger partial charge in [0.05, 0.1) is 18.9 Å². The minimum Gasteiger partial charge on any atom is -0.492 e. The van der Waals surface area contributed by atoms with Crippen molar-refractivity contribution >= 4 is 11.7 Å². The second-order valence-electron chi connectivity index (χ2n) is 3.85. The van der Waals surface area contributed by atoms with Crippen LogP contribution < -0.4 is 21.3 Å². The van der Waals surface area contributed by atoms with E-state index in [1.165, 1.54) is 12.4 Å². The number of hydrogen-bond acceptors (Lipinski definition) is 6. The van der Waals surface area contributed by atoms with Crippen LogP contribution >= 0.6 is 0 Å². The van der Waals surface area contributed by atoms with Crippen molar-refractivity contribution in [1.82, 2.24) is 15.3 Å². The lowest BCUT2D eigenvalue weighted by Crippen LogP contribution is -2.29. The summed E-state index contributed by atoms with van der Waals surface area (Å²) in [5, 5.41) is 2.69. The molecule has 0 aliphatic carbocycles. The lowest BCUT2D eigenvalue weighted by atomic mass is 10.3. The molecule has 0 fully saturated rings. The van der Waals surface area contributed by atoms with E-state index in [1.807, 2.05) is 30.3 Å². The number of ether oxygens (including phenoxy) is 1. The molecule has 7 nitrogen and oxygen atoms in total. The van der Waals surface area contributed by atoms with E-state index >= 15 is 0 Å². The predicted octanol–water partition coefficient (Wildman–Crippen LogP) is 0.571. The highest BCUT2D eigenvalue weighted by atomic mass is 16.5. The number of rotatable bonds is 6. The monoisotopic (exact) mass is 273 g/mol. The van der Waals surface area contributed by atoms with Crippen molar-refractivity contribution in [1.29, 1.82) is 0 Å². The van der Waals surface area contributed by atoms with Crippen LogP contribution in [0.15, 0.2) is 42.7 Å². The Hall–Kier alpha value is -2.67. The van der Waals surface area contributed by atoms with Gasteiger partial charge < -0.3 is 15.5 Å². The van der Waals surface area contributed by atoms with Crippen molar-refractivity contribution in [2.24, 2.45) is 5.84 Å². The number of hydrogen-bond donors (Lipinski definition) is 3. The summed E-state index contributed by atoms with van der Waals surface area (Å²) in [4.78, 5) is 19.6. The van der Waals surface area contributed by atoms with Gasteiger partial charge in [-0.15, -0.1) is 0 Å². The highest BCUT2D eigenvalue weighted by Gasteiger charge is 2.06. The quantitative estimate of drug-likeness (QED) is 0.404. The summed E-state index contributed by atoms with van der Waals surface area (Å²) in [6.07, 6.45) is 2.73. The Balaban J connectivity index is 1.74. The molecule has 0 saturated heterocycles. The first kappa shape index (κ1) is 13.8. The molecule has 4 N–H and O–H groups in total. The minimum atomic E-state index is -0.308. The standard InChI is InChI=1S/C13H15N5O2/c14-18-12-9-16-11(8-17-12)13(19)15-6-7-20-10-4-2-1-3-5-10/h1-5,8-9H,6-7,14H2,(H,15,19)(H,17,18). The molecule has 0 atom stereocenters. The predicted molar refractivity (Wildman–Crippen MR) is 74.1 cm³/mol. The van der Waals surface area contributed by atoms with E-state index in [2.05, 4.69) is 20.7 Å². The molecule has 1 aromatic carbocycles. The molecule has 0 unspecified atom stereocenters. The van der Waals surface area contributed by atoms with Gasteiger partial charge in [0, 0.05) is 0 Å². The van der Waals surface area contributed by atoms with Crippen LogP contribution in [-0.4, -0.2) is 29.0 Å². The van der Waals surface area contributed by atoms with E-state index in [0.717, 1.165) is 5.75 Å². The summed E-state index contributed by atoms with van der Waals surface area (Å²) in [5.74, 6) is 6.01. The molecule has 0 spiro atoms. The molecule has 0 radical (unpaired) electrons. The zero-order valence-corrected chi connectivity index (χ0v) is 10.7. The van der Waals surface area contributed by atoms with Gasteiger partial charge in [-0.3, -0.25) is 4.79 Å². The van der Waals surface area contributed by atoms with Crippen LogP contribution in [0.3, 0.4) is 0 Å². The number of carbonyl (C=O) groups excluding carboxylic acids is 1. The maximum atomic E-state index is 11.7. The maximum Gasteiger partial charge on any atom is 0.271 e. The number of hydrazine groups is 1. The van der Waals surface area contributed by atoms with Crippen LogP contribution in [0.2, 0.25) is 0 Å².